The summed E-state index contributed by atoms with van der Waals surface area (Å²) in [4.78, 5) is 16.3. The average molecular weight is 332 g/mol. The number of nitrogens with zero attached hydrogens (tertiary/aromatic N) is 1. The maximum Gasteiger partial charge on any atom is 0.253 e. The molecule has 0 unspecified atom stereocenters. The van der Waals surface area contributed by atoms with Gasteiger partial charge in [-0.3, -0.25) is 4.79 Å². The number of nitrogens with one attached hydrogen (secondary N) is 1. The summed E-state index contributed by atoms with van der Waals surface area (Å²) in [5.74, 6) is 0.572. The number of aryl methyl sites for hydroxylation is 1. The zero-order chi connectivity index (χ0) is 13.7. The molecule has 21 heavy (non-hydrogen) atoms. The molecule has 0 saturated heterocycles. The van der Waals surface area contributed by atoms with Crippen LogP contribution in [0.2, 0.25) is 0 Å². The Bertz CT molecular complexity index is 559. The molecule has 0 fully saturated rings. The van der Waals surface area contributed by atoms with E-state index in [0.29, 0.717) is 30.1 Å². The van der Waals surface area contributed by atoms with Crippen LogP contribution < -0.4 is 11.1 Å². The smallest absolute Gasteiger partial charge is 0.253 e. The average Bonchev–Trinajstić information content (AvgIpc) is 2.92. The molecule has 2 aromatic rings. The van der Waals surface area contributed by atoms with Crippen LogP contribution in [0, 0.1) is 6.92 Å². The van der Waals surface area contributed by atoms with Crippen molar-refractivity contribution in [2.24, 2.45) is 5.73 Å². The Balaban J connectivity index is 0.00000200. The standard InChI is InChI=1S/C14H17N3O2.2ClH/c1-10-11(14(18)16-8-3-7-15)5-6-12(17-10)13-4-2-9-19-13;;/h2,4-6,9H,3,7-8,15H2,1H3,(H,16,18);2*1H. The van der Waals surface area contributed by atoms with Crippen LogP contribution in [-0.4, -0.2) is 24.0 Å². The minimum atomic E-state index is -0.121. The molecule has 0 atom stereocenters. The molecule has 5 nitrogen and oxygen atoms in total. The van der Waals surface area contributed by atoms with Crippen molar-refractivity contribution in [3.05, 3.63) is 41.8 Å². The molecule has 2 rings (SSSR count). The second kappa shape index (κ2) is 9.39. The van der Waals surface area contributed by atoms with Crippen molar-refractivity contribution in [3.8, 4) is 11.5 Å². The van der Waals surface area contributed by atoms with Gasteiger partial charge in [0.15, 0.2) is 5.76 Å². The zero-order valence-electron chi connectivity index (χ0n) is 11.7. The molecule has 0 radical (unpaired) electrons. The van der Waals surface area contributed by atoms with Crippen LogP contribution in [0.4, 0.5) is 0 Å². The topological polar surface area (TPSA) is 81.2 Å². The molecule has 7 heteroatoms. The molecule has 0 saturated carbocycles. The number of carbonyl (C=O) groups excluding carboxylic acids is 1. The second-order valence-corrected chi connectivity index (χ2v) is 4.20. The monoisotopic (exact) mass is 331 g/mol. The van der Waals surface area contributed by atoms with E-state index in [1.54, 1.807) is 24.5 Å². The Morgan fingerprint density at radius 2 is 2.10 bits per heavy atom. The molecule has 2 aromatic heterocycles. The highest BCUT2D eigenvalue weighted by molar-refractivity contribution is 5.95. The third-order valence-electron chi connectivity index (χ3n) is 2.77. The molecule has 0 aliphatic rings. The highest BCUT2D eigenvalue weighted by Gasteiger charge is 2.11. The first-order valence-electron chi connectivity index (χ1n) is 6.22. The van der Waals surface area contributed by atoms with Gasteiger partial charge in [-0.2, -0.15) is 0 Å². The Kier molecular flexibility index (Phi) is 8.69. The van der Waals surface area contributed by atoms with Crippen molar-refractivity contribution in [2.75, 3.05) is 13.1 Å². The Morgan fingerprint density at radius 1 is 1.33 bits per heavy atom. The van der Waals surface area contributed by atoms with Gasteiger partial charge in [-0.25, -0.2) is 4.98 Å². The summed E-state index contributed by atoms with van der Waals surface area (Å²) in [5, 5.41) is 2.81. The number of halogens is 2. The number of hydrogen-bond acceptors (Lipinski definition) is 4. The van der Waals surface area contributed by atoms with Gasteiger partial charge in [-0.15, -0.1) is 24.8 Å². The van der Waals surface area contributed by atoms with Crippen molar-refractivity contribution in [3.63, 3.8) is 0 Å². The second-order valence-electron chi connectivity index (χ2n) is 4.20. The SMILES string of the molecule is Cc1nc(-c2ccco2)ccc1C(=O)NCCCN.Cl.Cl. The number of furan rings is 1. The molecule has 2 heterocycles. The van der Waals surface area contributed by atoms with Crippen LogP contribution >= 0.6 is 24.8 Å². The summed E-state index contributed by atoms with van der Waals surface area (Å²) in [6.07, 6.45) is 2.36. The van der Waals surface area contributed by atoms with E-state index in [1.807, 2.05) is 13.0 Å². The van der Waals surface area contributed by atoms with E-state index in [9.17, 15) is 4.79 Å². The van der Waals surface area contributed by atoms with E-state index in [2.05, 4.69) is 10.3 Å². The molecule has 0 aromatic carbocycles. The Labute approximate surface area is 136 Å². The lowest BCUT2D eigenvalue weighted by Crippen LogP contribution is -2.26. The first-order chi connectivity index (χ1) is 9.22. The van der Waals surface area contributed by atoms with Gasteiger partial charge < -0.3 is 15.5 Å². The van der Waals surface area contributed by atoms with Gasteiger partial charge in [0.1, 0.15) is 5.69 Å². The van der Waals surface area contributed by atoms with E-state index in [4.69, 9.17) is 10.2 Å². The molecular weight excluding hydrogens is 313 g/mol. The summed E-state index contributed by atoms with van der Waals surface area (Å²) < 4.78 is 5.28. The van der Waals surface area contributed by atoms with Crippen molar-refractivity contribution in [2.45, 2.75) is 13.3 Å². The quantitative estimate of drug-likeness (QED) is 0.825. The highest BCUT2D eigenvalue weighted by atomic mass is 35.5. The van der Waals surface area contributed by atoms with Crippen LogP contribution in [0.5, 0.6) is 0 Å². The molecule has 3 N–H and O–H groups in total. The van der Waals surface area contributed by atoms with Gasteiger partial charge in [0.2, 0.25) is 0 Å². The Hall–Kier alpha value is -1.56. The van der Waals surface area contributed by atoms with Crippen LogP contribution in [0.1, 0.15) is 22.5 Å². The fourth-order valence-electron chi connectivity index (χ4n) is 1.76. The van der Waals surface area contributed by atoms with Crippen LogP contribution in [0.15, 0.2) is 34.9 Å². The van der Waals surface area contributed by atoms with Crippen LogP contribution in [-0.2, 0) is 0 Å². The van der Waals surface area contributed by atoms with Crippen molar-refractivity contribution in [1.29, 1.82) is 0 Å². The third kappa shape index (κ3) is 5.04. The van der Waals surface area contributed by atoms with Crippen LogP contribution in [0.25, 0.3) is 11.5 Å². The number of aromatic nitrogens is 1. The summed E-state index contributed by atoms with van der Waals surface area (Å²) in [5.41, 5.74) is 7.36. The number of nitrogens with two attached hydrogens (primary N) is 1. The van der Waals surface area contributed by atoms with Gasteiger partial charge in [0.25, 0.3) is 5.91 Å². The minimum Gasteiger partial charge on any atom is -0.463 e. The normalized spacial score (nSPS) is 9.43. The highest BCUT2D eigenvalue weighted by Crippen LogP contribution is 2.19. The molecule has 1 amide bonds. The largest absolute Gasteiger partial charge is 0.463 e. The predicted molar refractivity (Wildman–Crippen MR) is 87.2 cm³/mol. The summed E-state index contributed by atoms with van der Waals surface area (Å²) in [6, 6.07) is 7.18. The molecule has 0 bridgehead atoms. The minimum absolute atomic E-state index is 0. The predicted octanol–water partition coefficient (Wildman–Crippen LogP) is 2.57. The molecular formula is C14H19Cl2N3O2. The fraction of sp³-hybridized carbons (Fsp3) is 0.286. The van der Waals surface area contributed by atoms with E-state index >= 15 is 0 Å². The van der Waals surface area contributed by atoms with Gasteiger partial charge in [-0.05, 0) is 44.2 Å². The maximum absolute atomic E-state index is 11.9. The van der Waals surface area contributed by atoms with E-state index < -0.39 is 0 Å². The molecule has 0 aliphatic carbocycles. The summed E-state index contributed by atoms with van der Waals surface area (Å²) in [7, 11) is 0. The number of carbonyl (C=O) groups is 1. The summed E-state index contributed by atoms with van der Waals surface area (Å²) >= 11 is 0. The first-order valence-corrected chi connectivity index (χ1v) is 6.22. The zero-order valence-corrected chi connectivity index (χ0v) is 13.3. The van der Waals surface area contributed by atoms with Crippen LogP contribution in [0.3, 0.4) is 0 Å². The first kappa shape index (κ1) is 19.4. The molecule has 0 aliphatic heterocycles. The number of pyridine rings is 1. The molecule has 0 spiro atoms. The lowest BCUT2D eigenvalue weighted by molar-refractivity contribution is 0.0952. The van der Waals surface area contributed by atoms with Gasteiger partial charge in [0.05, 0.1) is 17.5 Å². The lowest BCUT2D eigenvalue weighted by Gasteiger charge is -2.07. The van der Waals surface area contributed by atoms with Crippen molar-refractivity contribution in [1.82, 2.24) is 10.3 Å². The van der Waals surface area contributed by atoms with Gasteiger partial charge in [0, 0.05) is 6.54 Å². The van der Waals surface area contributed by atoms with E-state index in [-0.39, 0.29) is 30.7 Å². The van der Waals surface area contributed by atoms with Crippen molar-refractivity contribution >= 4 is 30.7 Å². The van der Waals surface area contributed by atoms with Gasteiger partial charge in [-0.1, -0.05) is 0 Å². The Morgan fingerprint density at radius 3 is 2.67 bits per heavy atom. The van der Waals surface area contributed by atoms with E-state index in [0.717, 1.165) is 12.1 Å². The summed E-state index contributed by atoms with van der Waals surface area (Å²) in [6.45, 7) is 2.95. The lowest BCUT2D eigenvalue weighted by atomic mass is 10.1. The number of rotatable bonds is 5. The van der Waals surface area contributed by atoms with E-state index in [1.165, 1.54) is 0 Å². The maximum atomic E-state index is 11.9. The number of hydrogen-bond donors (Lipinski definition) is 2. The number of amides is 1. The molecule has 116 valence electrons. The third-order valence-corrected chi connectivity index (χ3v) is 2.77. The van der Waals surface area contributed by atoms with Crippen molar-refractivity contribution < 1.29 is 9.21 Å². The fourth-order valence-corrected chi connectivity index (χ4v) is 1.76. The van der Waals surface area contributed by atoms with Gasteiger partial charge >= 0.3 is 0 Å².